The largest absolute Gasteiger partial charge is 0.468 e. The summed E-state index contributed by atoms with van der Waals surface area (Å²) in [7, 11) is 3.69. The Morgan fingerprint density at radius 3 is 2.32 bits per heavy atom. The molecule has 0 radical (unpaired) electrons. The van der Waals surface area contributed by atoms with Crippen LogP contribution in [0, 0.1) is 0 Å². The topological polar surface area (TPSA) is 76.2 Å². The molecule has 126 valence electrons. The molecule has 7 heteroatoms. The molecule has 1 rings (SSSR count). The minimum Gasteiger partial charge on any atom is -0.468 e. The van der Waals surface area contributed by atoms with Crippen LogP contribution in [0.4, 0.5) is 4.79 Å². The first-order chi connectivity index (χ1) is 10.1. The van der Waals surface area contributed by atoms with Crippen LogP contribution in [0.25, 0.3) is 0 Å². The average Bonchev–Trinajstić information content (AvgIpc) is 2.70. The van der Waals surface area contributed by atoms with Gasteiger partial charge in [-0.15, -0.1) is 0 Å². The van der Waals surface area contributed by atoms with Crippen molar-refractivity contribution < 1.29 is 23.9 Å². The minimum atomic E-state index is -0.578. The van der Waals surface area contributed by atoms with E-state index in [-0.39, 0.29) is 5.91 Å². The van der Waals surface area contributed by atoms with Crippen LogP contribution in [0.1, 0.15) is 34.1 Å². The Balaban J connectivity index is 0.000000763. The molecule has 1 aliphatic rings. The predicted molar refractivity (Wildman–Crippen MR) is 82.0 cm³/mol. The molecular formula is C15H26N2O5. The molecule has 1 heterocycles. The Morgan fingerprint density at radius 1 is 1.36 bits per heavy atom. The fourth-order valence-corrected chi connectivity index (χ4v) is 1.60. The van der Waals surface area contributed by atoms with Crippen molar-refractivity contribution in [3.05, 3.63) is 11.8 Å². The second kappa shape index (κ2) is 9.07. The van der Waals surface area contributed by atoms with E-state index in [2.05, 4.69) is 4.74 Å². The number of ether oxygens (including phenoxy) is 2. The van der Waals surface area contributed by atoms with Gasteiger partial charge in [-0.05, 0) is 34.1 Å². The summed E-state index contributed by atoms with van der Waals surface area (Å²) in [6.07, 6.45) is 1.76. The van der Waals surface area contributed by atoms with Gasteiger partial charge in [0.1, 0.15) is 5.60 Å². The molecule has 0 aliphatic carbocycles. The Bertz CT molecular complexity index is 424. The predicted octanol–water partition coefficient (Wildman–Crippen LogP) is 1.78. The molecule has 0 aromatic carbocycles. The Labute approximate surface area is 131 Å². The normalized spacial score (nSPS) is 16.0. The maximum atomic E-state index is 11.9. The van der Waals surface area contributed by atoms with Crippen molar-refractivity contribution in [2.75, 3.05) is 27.2 Å². The number of imide groups is 1. The van der Waals surface area contributed by atoms with E-state index in [1.165, 1.54) is 0 Å². The van der Waals surface area contributed by atoms with Crippen molar-refractivity contribution in [2.24, 2.45) is 0 Å². The number of rotatable bonds is 3. The zero-order valence-electron chi connectivity index (χ0n) is 14.2. The van der Waals surface area contributed by atoms with Gasteiger partial charge >= 0.3 is 6.09 Å². The van der Waals surface area contributed by atoms with E-state index >= 15 is 0 Å². The minimum absolute atomic E-state index is 0.257. The SMILES string of the molecule is CCOC=O.CN(C)/C=C1\CCN(C(=O)OC(C)(C)C)C1=O. The van der Waals surface area contributed by atoms with E-state index in [1.807, 2.05) is 14.1 Å². The lowest BCUT2D eigenvalue weighted by Gasteiger charge is -2.23. The van der Waals surface area contributed by atoms with Crippen molar-refractivity contribution in [3.8, 4) is 0 Å². The number of hydrogen-bond acceptors (Lipinski definition) is 6. The van der Waals surface area contributed by atoms with Gasteiger partial charge in [-0.25, -0.2) is 9.69 Å². The van der Waals surface area contributed by atoms with Gasteiger partial charge in [-0.1, -0.05) is 0 Å². The van der Waals surface area contributed by atoms with E-state index in [0.717, 1.165) is 4.90 Å². The number of nitrogens with zero attached hydrogens (tertiary/aromatic N) is 2. The first-order valence-corrected chi connectivity index (χ1v) is 7.09. The average molecular weight is 314 g/mol. The van der Waals surface area contributed by atoms with Crippen LogP contribution in [-0.2, 0) is 19.1 Å². The summed E-state index contributed by atoms with van der Waals surface area (Å²) in [5, 5.41) is 0. The van der Waals surface area contributed by atoms with Crippen LogP contribution in [0.2, 0.25) is 0 Å². The number of likely N-dealkylation sites (tertiary alicyclic amines) is 1. The monoisotopic (exact) mass is 314 g/mol. The zero-order chi connectivity index (χ0) is 17.3. The van der Waals surface area contributed by atoms with Gasteiger partial charge in [0.2, 0.25) is 0 Å². The Morgan fingerprint density at radius 2 is 1.95 bits per heavy atom. The molecule has 0 aromatic rings. The molecule has 0 N–H and O–H groups in total. The third kappa shape index (κ3) is 7.66. The third-order valence-corrected chi connectivity index (χ3v) is 2.39. The van der Waals surface area contributed by atoms with Crippen molar-refractivity contribution >= 4 is 18.5 Å². The van der Waals surface area contributed by atoms with Crippen LogP contribution >= 0.6 is 0 Å². The molecule has 0 spiro atoms. The van der Waals surface area contributed by atoms with Crippen molar-refractivity contribution in [1.82, 2.24) is 9.80 Å². The van der Waals surface area contributed by atoms with E-state index in [9.17, 15) is 14.4 Å². The van der Waals surface area contributed by atoms with Crippen LogP contribution in [0.5, 0.6) is 0 Å². The van der Waals surface area contributed by atoms with Gasteiger partial charge in [0.25, 0.3) is 12.4 Å². The summed E-state index contributed by atoms with van der Waals surface area (Å²) >= 11 is 0. The molecule has 1 fully saturated rings. The number of amides is 2. The Kier molecular flexibility index (Phi) is 8.22. The molecule has 22 heavy (non-hydrogen) atoms. The summed E-state index contributed by atoms with van der Waals surface area (Å²) in [6.45, 7) is 8.40. The lowest BCUT2D eigenvalue weighted by molar-refractivity contribution is -0.128. The van der Waals surface area contributed by atoms with Crippen molar-refractivity contribution in [1.29, 1.82) is 0 Å². The third-order valence-electron chi connectivity index (χ3n) is 2.39. The first-order valence-electron chi connectivity index (χ1n) is 7.09. The first kappa shape index (κ1) is 19.9. The second-order valence-electron chi connectivity index (χ2n) is 5.86. The summed E-state index contributed by atoms with van der Waals surface area (Å²) in [5.74, 6) is -0.257. The van der Waals surface area contributed by atoms with E-state index < -0.39 is 11.7 Å². The molecule has 0 aromatic heterocycles. The molecule has 0 saturated carbocycles. The van der Waals surface area contributed by atoms with Crippen molar-refractivity contribution in [3.63, 3.8) is 0 Å². The van der Waals surface area contributed by atoms with Crippen LogP contribution in [0.3, 0.4) is 0 Å². The standard InChI is InChI=1S/C12H20N2O3.C3H6O2/c1-12(2,3)17-11(16)14-7-6-9(10(14)15)8-13(4)5;1-2-5-3-4/h8H,6-7H2,1-5H3;3H,2H2,1H3/b9-8+;. The van der Waals surface area contributed by atoms with Gasteiger partial charge in [0, 0.05) is 32.4 Å². The Hall–Kier alpha value is -2.05. The maximum absolute atomic E-state index is 11.9. The molecular weight excluding hydrogens is 288 g/mol. The zero-order valence-corrected chi connectivity index (χ0v) is 14.2. The molecule has 0 atom stereocenters. The highest BCUT2D eigenvalue weighted by atomic mass is 16.6. The molecule has 1 aliphatic heterocycles. The second-order valence-corrected chi connectivity index (χ2v) is 5.86. The van der Waals surface area contributed by atoms with E-state index in [1.54, 1.807) is 38.8 Å². The van der Waals surface area contributed by atoms with Gasteiger partial charge < -0.3 is 14.4 Å². The van der Waals surface area contributed by atoms with Crippen molar-refractivity contribution in [2.45, 2.75) is 39.7 Å². The molecule has 7 nitrogen and oxygen atoms in total. The highest BCUT2D eigenvalue weighted by Gasteiger charge is 2.34. The highest BCUT2D eigenvalue weighted by molar-refractivity contribution is 6.04. The van der Waals surface area contributed by atoms with Gasteiger partial charge in [-0.2, -0.15) is 0 Å². The van der Waals surface area contributed by atoms with Crippen LogP contribution in [-0.4, -0.2) is 61.1 Å². The number of carbonyl (C=O) groups excluding carboxylic acids is 3. The molecule has 0 unspecified atom stereocenters. The number of carbonyl (C=O) groups is 3. The van der Waals surface area contributed by atoms with Gasteiger partial charge in [-0.3, -0.25) is 9.59 Å². The maximum Gasteiger partial charge on any atom is 0.417 e. The van der Waals surface area contributed by atoms with E-state index in [4.69, 9.17) is 4.74 Å². The smallest absolute Gasteiger partial charge is 0.417 e. The number of hydrogen-bond donors (Lipinski definition) is 0. The van der Waals surface area contributed by atoms with Gasteiger partial charge in [0.15, 0.2) is 0 Å². The lowest BCUT2D eigenvalue weighted by Crippen LogP contribution is -2.37. The summed E-state index contributed by atoms with van der Waals surface area (Å²) in [5.41, 5.74) is 0.0617. The highest BCUT2D eigenvalue weighted by Crippen LogP contribution is 2.20. The van der Waals surface area contributed by atoms with Crippen LogP contribution < -0.4 is 0 Å². The quantitative estimate of drug-likeness (QED) is 0.584. The molecule has 0 bridgehead atoms. The fraction of sp³-hybridized carbons (Fsp3) is 0.667. The molecule has 1 saturated heterocycles. The summed E-state index contributed by atoms with van der Waals surface area (Å²) < 4.78 is 9.32. The lowest BCUT2D eigenvalue weighted by atomic mass is 10.2. The van der Waals surface area contributed by atoms with Gasteiger partial charge in [0.05, 0.1) is 6.61 Å². The van der Waals surface area contributed by atoms with E-state index in [0.29, 0.717) is 31.6 Å². The fourth-order valence-electron chi connectivity index (χ4n) is 1.60. The van der Waals surface area contributed by atoms with Crippen LogP contribution in [0.15, 0.2) is 11.8 Å². The summed E-state index contributed by atoms with van der Waals surface area (Å²) in [6, 6.07) is 0. The molecule has 2 amide bonds. The summed E-state index contributed by atoms with van der Waals surface area (Å²) in [4.78, 5) is 35.8.